The van der Waals surface area contributed by atoms with Gasteiger partial charge in [-0.3, -0.25) is 4.79 Å². The first kappa shape index (κ1) is 30.5. The number of aliphatic hydroxyl groups is 2. The molecular formula is C33H44O6. The number of furan rings is 1. The number of hydrogen-bond donors (Lipinski definition) is 3. The fourth-order valence-corrected chi connectivity index (χ4v) is 5.47. The van der Waals surface area contributed by atoms with Gasteiger partial charge in [0.25, 0.3) is 0 Å². The maximum absolute atomic E-state index is 10.9. The van der Waals surface area contributed by atoms with Gasteiger partial charge in [-0.25, -0.2) is 0 Å². The zero-order valence-electron chi connectivity index (χ0n) is 24.2. The molecule has 3 N–H and O–H groups in total. The first-order valence-electron chi connectivity index (χ1n) is 14.1. The smallest absolute Gasteiger partial charge is 0.303 e. The monoisotopic (exact) mass is 536 g/mol. The van der Waals surface area contributed by atoms with Crippen molar-refractivity contribution in [1.29, 1.82) is 0 Å². The maximum atomic E-state index is 10.9. The fourth-order valence-electron chi connectivity index (χ4n) is 5.47. The van der Waals surface area contributed by atoms with Gasteiger partial charge in [-0.15, -0.1) is 0 Å². The van der Waals surface area contributed by atoms with Crippen LogP contribution in [0.25, 0.3) is 11.3 Å². The summed E-state index contributed by atoms with van der Waals surface area (Å²) in [5.41, 5.74) is 4.40. The lowest BCUT2D eigenvalue weighted by Crippen LogP contribution is -2.26. The molecule has 0 spiro atoms. The summed E-state index contributed by atoms with van der Waals surface area (Å²) in [5, 5.41) is 29.7. The van der Waals surface area contributed by atoms with E-state index in [1.54, 1.807) is 0 Å². The van der Waals surface area contributed by atoms with Gasteiger partial charge in [-0.1, -0.05) is 58.0 Å². The molecule has 0 aliphatic rings. The molecule has 0 amide bonds. The zero-order valence-corrected chi connectivity index (χ0v) is 24.2. The summed E-state index contributed by atoms with van der Waals surface area (Å²) in [6.45, 7) is 12.5. The quantitative estimate of drug-likeness (QED) is 0.200. The molecule has 0 fully saturated rings. The van der Waals surface area contributed by atoms with Crippen molar-refractivity contribution in [2.24, 2.45) is 0 Å². The first-order chi connectivity index (χ1) is 18.5. The van der Waals surface area contributed by atoms with Gasteiger partial charge < -0.3 is 24.5 Å². The van der Waals surface area contributed by atoms with Gasteiger partial charge in [0.2, 0.25) is 0 Å². The number of hydrogen-bond acceptors (Lipinski definition) is 5. The molecule has 0 saturated heterocycles. The highest BCUT2D eigenvalue weighted by atomic mass is 16.5. The third-order valence-electron chi connectivity index (χ3n) is 8.34. The molecule has 0 unspecified atom stereocenters. The molecule has 3 aromatic rings. The SMILES string of the molecule is CCC(O)(CC)c1ccc(-c2ccc(C(CC)(CC)c3ccc(OC[C@H](O)CCC(=O)O)c(C)c3)cc2C)o1. The number of rotatable bonds is 14. The molecule has 0 saturated carbocycles. The van der Waals surface area contributed by atoms with Crippen molar-refractivity contribution in [2.75, 3.05) is 6.61 Å². The second-order valence-corrected chi connectivity index (χ2v) is 10.6. The molecular weight excluding hydrogens is 492 g/mol. The van der Waals surface area contributed by atoms with Gasteiger partial charge in [0.1, 0.15) is 29.5 Å². The van der Waals surface area contributed by atoms with E-state index < -0.39 is 17.7 Å². The van der Waals surface area contributed by atoms with Crippen molar-refractivity contribution in [3.8, 4) is 17.1 Å². The summed E-state index contributed by atoms with van der Waals surface area (Å²) < 4.78 is 12.0. The van der Waals surface area contributed by atoms with E-state index in [9.17, 15) is 15.0 Å². The lowest BCUT2D eigenvalue weighted by atomic mass is 9.70. The molecule has 0 radical (unpaired) electrons. The Hall–Kier alpha value is -3.09. The molecule has 3 rings (SSSR count). The van der Waals surface area contributed by atoms with E-state index in [4.69, 9.17) is 14.3 Å². The molecule has 212 valence electrons. The molecule has 39 heavy (non-hydrogen) atoms. The van der Waals surface area contributed by atoms with Crippen molar-refractivity contribution in [3.05, 3.63) is 76.5 Å². The van der Waals surface area contributed by atoms with E-state index in [0.717, 1.165) is 35.3 Å². The highest BCUT2D eigenvalue weighted by Gasteiger charge is 2.32. The van der Waals surface area contributed by atoms with E-state index in [0.29, 0.717) is 24.4 Å². The molecule has 2 aromatic carbocycles. The summed E-state index contributed by atoms with van der Waals surface area (Å²) in [6, 6.07) is 16.6. The molecule has 0 aliphatic heterocycles. The lowest BCUT2D eigenvalue weighted by Gasteiger charge is -2.34. The summed E-state index contributed by atoms with van der Waals surface area (Å²) in [6.07, 6.45) is 2.28. The van der Waals surface area contributed by atoms with Crippen molar-refractivity contribution < 1.29 is 29.3 Å². The van der Waals surface area contributed by atoms with Crippen LogP contribution >= 0.6 is 0 Å². The lowest BCUT2D eigenvalue weighted by molar-refractivity contribution is -0.137. The molecule has 6 heteroatoms. The second kappa shape index (κ2) is 12.8. The Bertz CT molecular complexity index is 1250. The predicted molar refractivity (Wildman–Crippen MR) is 154 cm³/mol. The van der Waals surface area contributed by atoms with Crippen molar-refractivity contribution in [1.82, 2.24) is 0 Å². The average Bonchev–Trinajstić information content (AvgIpc) is 3.43. The number of carboxylic acid groups (broad SMARTS) is 1. The molecule has 1 aromatic heterocycles. The van der Waals surface area contributed by atoms with Gasteiger partial charge in [0.05, 0.1) is 6.10 Å². The van der Waals surface area contributed by atoms with Crippen LogP contribution in [0.3, 0.4) is 0 Å². The first-order valence-corrected chi connectivity index (χ1v) is 14.1. The molecule has 0 aliphatic carbocycles. The van der Waals surface area contributed by atoms with Crippen LogP contribution in [0.5, 0.6) is 5.75 Å². The van der Waals surface area contributed by atoms with Crippen LogP contribution in [0.1, 0.15) is 94.2 Å². The van der Waals surface area contributed by atoms with Gasteiger partial charge >= 0.3 is 5.97 Å². The summed E-state index contributed by atoms with van der Waals surface area (Å²) in [4.78, 5) is 10.7. The number of ether oxygens (including phenoxy) is 1. The van der Waals surface area contributed by atoms with Crippen LogP contribution in [0, 0.1) is 13.8 Å². The Balaban J connectivity index is 1.88. The molecule has 1 atom stereocenters. The summed E-state index contributed by atoms with van der Waals surface area (Å²) in [5.74, 6) is 1.13. The molecule has 1 heterocycles. The van der Waals surface area contributed by atoms with Crippen LogP contribution in [-0.4, -0.2) is 34.0 Å². The number of carboxylic acids is 1. The predicted octanol–water partition coefficient (Wildman–Crippen LogP) is 7.28. The number of aryl methyl sites for hydroxylation is 2. The fraction of sp³-hybridized carbons (Fsp3) is 0.485. The third kappa shape index (κ3) is 6.56. The van der Waals surface area contributed by atoms with Crippen molar-refractivity contribution >= 4 is 5.97 Å². The van der Waals surface area contributed by atoms with E-state index in [2.05, 4.69) is 51.1 Å². The van der Waals surface area contributed by atoms with Crippen LogP contribution in [0.2, 0.25) is 0 Å². The topological polar surface area (TPSA) is 100 Å². The summed E-state index contributed by atoms with van der Waals surface area (Å²) in [7, 11) is 0. The third-order valence-corrected chi connectivity index (χ3v) is 8.34. The maximum Gasteiger partial charge on any atom is 0.303 e. The Labute approximate surface area is 232 Å². The normalized spacial score (nSPS) is 12.9. The van der Waals surface area contributed by atoms with Crippen LogP contribution in [0.4, 0.5) is 0 Å². The zero-order chi connectivity index (χ0) is 28.8. The molecule has 0 bridgehead atoms. The Morgan fingerprint density at radius 2 is 1.51 bits per heavy atom. The van der Waals surface area contributed by atoms with Gasteiger partial charge in [-0.2, -0.15) is 0 Å². The van der Waals surface area contributed by atoms with Crippen LogP contribution in [-0.2, 0) is 15.8 Å². The van der Waals surface area contributed by atoms with Gasteiger partial charge in [-0.05, 0) is 86.4 Å². The number of aliphatic carboxylic acids is 1. The highest BCUT2D eigenvalue weighted by molar-refractivity contribution is 5.66. The minimum Gasteiger partial charge on any atom is -0.491 e. The van der Waals surface area contributed by atoms with Crippen molar-refractivity contribution in [2.45, 2.75) is 97.2 Å². The minimum atomic E-state index is -0.948. The van der Waals surface area contributed by atoms with Crippen LogP contribution in [0.15, 0.2) is 52.9 Å². The number of benzene rings is 2. The Kier molecular flexibility index (Phi) is 10.0. The van der Waals surface area contributed by atoms with Crippen LogP contribution < -0.4 is 4.74 Å². The Morgan fingerprint density at radius 3 is 2.05 bits per heavy atom. The number of aliphatic hydroxyl groups excluding tert-OH is 1. The summed E-state index contributed by atoms with van der Waals surface area (Å²) >= 11 is 0. The van der Waals surface area contributed by atoms with Gasteiger partial charge in [0, 0.05) is 17.4 Å². The number of carbonyl (C=O) groups is 1. The minimum absolute atomic E-state index is 0.0588. The molecule has 6 nitrogen and oxygen atoms in total. The van der Waals surface area contributed by atoms with Gasteiger partial charge in [0.15, 0.2) is 0 Å². The van der Waals surface area contributed by atoms with E-state index in [-0.39, 0.29) is 24.9 Å². The highest BCUT2D eigenvalue weighted by Crippen LogP contribution is 2.42. The largest absolute Gasteiger partial charge is 0.491 e. The standard InChI is InChI=1S/C33H44O6/c1-7-32(8-2,25-12-15-28(23(6)20-25)38-21-26(34)13-18-31(35)36)24-11-14-27(22(5)19-24)29-16-17-30(39-29)33(37,9-3)10-4/h11-12,14-17,19-20,26,34,37H,7-10,13,18,21H2,1-6H3,(H,35,36)/t26-/m1/s1. The van der Waals surface area contributed by atoms with E-state index in [1.165, 1.54) is 11.1 Å². The van der Waals surface area contributed by atoms with E-state index in [1.807, 2.05) is 39.0 Å². The average molecular weight is 537 g/mol. The van der Waals surface area contributed by atoms with E-state index >= 15 is 0 Å². The van der Waals surface area contributed by atoms with Crippen molar-refractivity contribution in [3.63, 3.8) is 0 Å². The second-order valence-electron chi connectivity index (χ2n) is 10.6. The Morgan fingerprint density at radius 1 is 0.897 bits per heavy atom.